The maximum Gasteiger partial charge on any atom is 0.337 e. The number of aliphatic hydroxyl groups excluding tert-OH is 1. The normalized spacial score (nSPS) is 22.6. The quantitative estimate of drug-likeness (QED) is 0.663. The van der Waals surface area contributed by atoms with Crippen molar-refractivity contribution < 1.29 is 19.8 Å². The summed E-state index contributed by atoms with van der Waals surface area (Å²) in [5.41, 5.74) is 6.21. The third-order valence-corrected chi connectivity index (χ3v) is 4.95. The van der Waals surface area contributed by atoms with Crippen LogP contribution in [-0.2, 0) is 0 Å². The number of aromatic carboxylic acids is 1. The van der Waals surface area contributed by atoms with Gasteiger partial charge in [0.25, 0.3) is 5.91 Å². The van der Waals surface area contributed by atoms with Gasteiger partial charge in [-0.1, -0.05) is 13.8 Å². The van der Waals surface area contributed by atoms with Crippen LogP contribution in [0.25, 0.3) is 5.52 Å². The number of aliphatic hydroxyl groups is 1. The van der Waals surface area contributed by atoms with E-state index < -0.39 is 23.4 Å². The van der Waals surface area contributed by atoms with E-state index in [4.69, 9.17) is 5.73 Å². The van der Waals surface area contributed by atoms with Crippen LogP contribution in [0.1, 0.15) is 47.4 Å². The zero-order valence-corrected chi connectivity index (χ0v) is 13.5. The van der Waals surface area contributed by atoms with E-state index in [1.54, 1.807) is 0 Å². The molecular formula is C16H20N4O4. The second-order valence-corrected chi connectivity index (χ2v) is 6.77. The monoisotopic (exact) mass is 332 g/mol. The molecule has 5 N–H and O–H groups in total. The fraction of sp³-hybridized carbons (Fsp3) is 0.438. The molecule has 2 aromatic heterocycles. The fourth-order valence-corrected chi connectivity index (χ4v) is 3.25. The molecule has 1 aliphatic rings. The highest BCUT2D eigenvalue weighted by Crippen LogP contribution is 2.40. The molecule has 3 rings (SSSR count). The van der Waals surface area contributed by atoms with Crippen LogP contribution in [0.3, 0.4) is 0 Å². The largest absolute Gasteiger partial charge is 0.478 e. The number of carbonyl (C=O) groups excluding carboxylic acids is 1. The predicted octanol–water partition coefficient (Wildman–Crippen LogP) is 1.09. The summed E-state index contributed by atoms with van der Waals surface area (Å²) in [5, 5.41) is 26.7. The molecule has 24 heavy (non-hydrogen) atoms. The first-order valence-electron chi connectivity index (χ1n) is 7.71. The van der Waals surface area contributed by atoms with Gasteiger partial charge in [0, 0.05) is 17.7 Å². The molecule has 2 aromatic rings. The minimum absolute atomic E-state index is 0.0675. The number of fused-ring (bicyclic) bond motifs is 1. The number of hydrogen-bond acceptors (Lipinski definition) is 5. The molecule has 2 atom stereocenters. The van der Waals surface area contributed by atoms with Crippen molar-refractivity contribution in [2.45, 2.75) is 38.8 Å². The van der Waals surface area contributed by atoms with Gasteiger partial charge in [-0.25, -0.2) is 9.31 Å². The second-order valence-electron chi connectivity index (χ2n) is 6.77. The molecule has 0 aromatic carbocycles. The fourth-order valence-electron chi connectivity index (χ4n) is 3.25. The number of nitrogens with zero attached hydrogens (tertiary/aromatic N) is 2. The number of aromatic nitrogens is 2. The topological polar surface area (TPSA) is 130 Å². The Balaban J connectivity index is 2.11. The molecule has 0 aliphatic heterocycles. The Bertz CT molecular complexity index is 827. The zero-order chi connectivity index (χ0) is 17.6. The first-order valence-corrected chi connectivity index (χ1v) is 7.71. The Hall–Kier alpha value is -2.61. The number of anilines is 1. The maximum atomic E-state index is 11.8. The minimum atomic E-state index is -1.08. The average Bonchev–Trinajstić information content (AvgIpc) is 3.04. The zero-order valence-electron chi connectivity index (χ0n) is 13.5. The molecular weight excluding hydrogens is 312 g/mol. The lowest BCUT2D eigenvalue weighted by Gasteiger charge is -2.32. The molecule has 8 heteroatoms. The van der Waals surface area contributed by atoms with Gasteiger partial charge in [0.2, 0.25) is 0 Å². The number of hydrogen-bond donors (Lipinski definition) is 4. The Morgan fingerprint density at radius 3 is 2.67 bits per heavy atom. The van der Waals surface area contributed by atoms with Crippen molar-refractivity contribution in [3.05, 3.63) is 29.6 Å². The van der Waals surface area contributed by atoms with Gasteiger partial charge in [0.05, 0.1) is 34.6 Å². The van der Waals surface area contributed by atoms with Crippen LogP contribution in [0.15, 0.2) is 18.5 Å². The lowest BCUT2D eigenvalue weighted by Crippen LogP contribution is -2.38. The molecule has 0 bridgehead atoms. The summed E-state index contributed by atoms with van der Waals surface area (Å²) < 4.78 is 1.40. The number of carboxylic acids is 1. The summed E-state index contributed by atoms with van der Waals surface area (Å²) in [6.07, 6.45) is 3.63. The smallest absolute Gasteiger partial charge is 0.337 e. The van der Waals surface area contributed by atoms with E-state index in [1.807, 2.05) is 13.8 Å². The Kier molecular flexibility index (Phi) is 3.71. The Labute approximate surface area is 138 Å². The molecule has 0 spiro atoms. The number of carboxylic acid groups (broad SMARTS) is 1. The van der Waals surface area contributed by atoms with E-state index >= 15 is 0 Å². The summed E-state index contributed by atoms with van der Waals surface area (Å²) in [4.78, 5) is 23.0. The van der Waals surface area contributed by atoms with E-state index in [2.05, 4.69) is 10.4 Å². The molecule has 0 saturated heterocycles. The number of amides is 1. The summed E-state index contributed by atoms with van der Waals surface area (Å²) in [6, 6.07) is 1.36. The van der Waals surface area contributed by atoms with Crippen LogP contribution in [0, 0.1) is 5.41 Å². The highest BCUT2D eigenvalue weighted by atomic mass is 16.4. The van der Waals surface area contributed by atoms with Gasteiger partial charge in [-0.05, 0) is 18.9 Å². The molecule has 1 saturated carbocycles. The van der Waals surface area contributed by atoms with Gasteiger partial charge in [-0.15, -0.1) is 0 Å². The van der Waals surface area contributed by atoms with Crippen LogP contribution in [0.5, 0.6) is 0 Å². The summed E-state index contributed by atoms with van der Waals surface area (Å²) in [7, 11) is 0. The van der Waals surface area contributed by atoms with Gasteiger partial charge in [-0.2, -0.15) is 5.10 Å². The molecule has 1 amide bonds. The van der Waals surface area contributed by atoms with Gasteiger partial charge in [0.15, 0.2) is 0 Å². The number of rotatable bonds is 4. The van der Waals surface area contributed by atoms with E-state index in [-0.39, 0.29) is 17.2 Å². The van der Waals surface area contributed by atoms with Crippen LogP contribution >= 0.6 is 0 Å². The van der Waals surface area contributed by atoms with Crippen LogP contribution in [0.2, 0.25) is 0 Å². The standard InChI is InChI=1S/C16H20N4O4/c1-16(2)11(3-4-12(16)21)19-13-9(14(17)22)6-18-20-7-8(15(23)24)5-10(13)20/h5-7,11-12,19,21H,3-4H2,1-2H3,(H2,17,22)(H,23,24)/t11-,12+/m1/s1. The third-order valence-electron chi connectivity index (χ3n) is 4.95. The van der Waals surface area contributed by atoms with E-state index in [1.165, 1.54) is 23.0 Å². The highest BCUT2D eigenvalue weighted by molar-refractivity contribution is 6.03. The maximum absolute atomic E-state index is 11.8. The lowest BCUT2D eigenvalue weighted by molar-refractivity contribution is 0.0696. The average molecular weight is 332 g/mol. The van der Waals surface area contributed by atoms with Gasteiger partial charge in [-0.3, -0.25) is 4.79 Å². The van der Waals surface area contributed by atoms with Crippen molar-refractivity contribution in [1.29, 1.82) is 0 Å². The second kappa shape index (κ2) is 5.48. The van der Waals surface area contributed by atoms with Gasteiger partial charge in [0.1, 0.15) is 0 Å². The number of nitrogens with two attached hydrogens (primary N) is 1. The summed E-state index contributed by atoms with van der Waals surface area (Å²) in [5.74, 6) is -1.73. The van der Waals surface area contributed by atoms with Gasteiger partial charge >= 0.3 is 5.97 Å². The first kappa shape index (κ1) is 16.3. The van der Waals surface area contributed by atoms with E-state index in [0.29, 0.717) is 17.6 Å². The third kappa shape index (κ3) is 2.48. The minimum Gasteiger partial charge on any atom is -0.478 e. The number of primary amides is 1. The van der Waals surface area contributed by atoms with Crippen molar-refractivity contribution >= 4 is 23.1 Å². The Morgan fingerprint density at radius 2 is 2.12 bits per heavy atom. The van der Waals surface area contributed by atoms with E-state index in [0.717, 1.165) is 6.42 Å². The molecule has 0 radical (unpaired) electrons. The molecule has 0 unspecified atom stereocenters. The van der Waals surface area contributed by atoms with Crippen molar-refractivity contribution in [1.82, 2.24) is 9.61 Å². The van der Waals surface area contributed by atoms with E-state index in [9.17, 15) is 19.8 Å². The van der Waals surface area contributed by atoms with Crippen LogP contribution in [0.4, 0.5) is 5.69 Å². The number of nitrogens with one attached hydrogen (secondary N) is 1. The first-order chi connectivity index (χ1) is 11.2. The van der Waals surface area contributed by atoms with Crippen molar-refractivity contribution in [2.24, 2.45) is 11.1 Å². The van der Waals surface area contributed by atoms with Crippen molar-refractivity contribution in [2.75, 3.05) is 5.32 Å². The molecule has 8 nitrogen and oxygen atoms in total. The van der Waals surface area contributed by atoms with Crippen LogP contribution in [-0.4, -0.2) is 43.8 Å². The molecule has 1 fully saturated rings. The van der Waals surface area contributed by atoms with Crippen LogP contribution < -0.4 is 11.1 Å². The SMILES string of the molecule is CC1(C)[C@@H](O)CC[C@H]1Nc1c(C(N)=O)cnn2cc(C(=O)O)cc12. The van der Waals surface area contributed by atoms with Crippen molar-refractivity contribution in [3.63, 3.8) is 0 Å². The lowest BCUT2D eigenvalue weighted by atomic mass is 9.85. The Morgan fingerprint density at radius 1 is 1.42 bits per heavy atom. The summed E-state index contributed by atoms with van der Waals surface area (Å²) in [6.45, 7) is 3.90. The summed E-state index contributed by atoms with van der Waals surface area (Å²) >= 11 is 0. The highest BCUT2D eigenvalue weighted by Gasteiger charge is 2.42. The number of carbonyl (C=O) groups is 2. The molecule has 128 valence electrons. The van der Waals surface area contributed by atoms with Gasteiger partial charge < -0.3 is 21.3 Å². The predicted molar refractivity (Wildman–Crippen MR) is 87.1 cm³/mol. The van der Waals surface area contributed by atoms with Crippen molar-refractivity contribution in [3.8, 4) is 0 Å². The molecule has 1 aliphatic carbocycles. The molecule has 2 heterocycles.